The van der Waals surface area contributed by atoms with Gasteiger partial charge in [-0.2, -0.15) is 0 Å². The molecule has 0 aliphatic carbocycles. The third kappa shape index (κ3) is 7.03. The number of thioether (sulfide) groups is 1. The lowest BCUT2D eigenvalue weighted by molar-refractivity contribution is -0.274. The average Bonchev–Trinajstić information content (AvgIpc) is 3.24. The predicted octanol–water partition coefficient (Wildman–Crippen LogP) is 2.87. The van der Waals surface area contributed by atoms with Gasteiger partial charge in [-0.15, -0.1) is 23.4 Å². The molecule has 0 fully saturated rings. The van der Waals surface area contributed by atoms with Crippen molar-refractivity contribution in [3.05, 3.63) is 87.0 Å². The number of nitrogens with zero attached hydrogens (tertiary/aromatic N) is 3. The van der Waals surface area contributed by atoms with E-state index in [2.05, 4.69) is 30.2 Å². The predicted molar refractivity (Wildman–Crippen MR) is 131 cm³/mol. The maximum absolute atomic E-state index is 12.5. The summed E-state index contributed by atoms with van der Waals surface area (Å²) in [6.07, 6.45) is -4.75. The molecule has 38 heavy (non-hydrogen) atoms. The molecule has 0 bridgehead atoms. The second-order valence-electron chi connectivity index (χ2n) is 7.63. The van der Waals surface area contributed by atoms with Crippen molar-refractivity contribution in [3.63, 3.8) is 0 Å². The molecule has 1 amide bonds. The summed E-state index contributed by atoms with van der Waals surface area (Å²) in [4.78, 5) is 40.5. The van der Waals surface area contributed by atoms with Gasteiger partial charge in [-0.25, -0.2) is 4.79 Å². The van der Waals surface area contributed by atoms with Crippen molar-refractivity contribution in [2.75, 3.05) is 18.2 Å². The van der Waals surface area contributed by atoms with Gasteiger partial charge in [-0.05, 0) is 48.5 Å². The first-order valence-electron chi connectivity index (χ1n) is 10.8. The van der Waals surface area contributed by atoms with Gasteiger partial charge >= 0.3 is 12.1 Å². The first-order valence-corrected chi connectivity index (χ1v) is 11.8. The quantitative estimate of drug-likeness (QED) is 0.271. The molecule has 0 aliphatic rings. The number of methoxy groups -OCH3 is 1. The van der Waals surface area contributed by atoms with Crippen LogP contribution >= 0.6 is 11.8 Å². The van der Waals surface area contributed by atoms with Crippen molar-refractivity contribution in [1.82, 2.24) is 24.7 Å². The zero-order valence-electron chi connectivity index (χ0n) is 19.5. The molecule has 0 spiro atoms. The van der Waals surface area contributed by atoms with E-state index in [1.54, 1.807) is 28.8 Å². The molecule has 15 heteroatoms. The largest absolute Gasteiger partial charge is 0.573 e. The van der Waals surface area contributed by atoms with E-state index in [0.29, 0.717) is 28.1 Å². The lowest BCUT2D eigenvalue weighted by Crippen LogP contribution is -2.23. The van der Waals surface area contributed by atoms with Crippen molar-refractivity contribution in [2.45, 2.75) is 17.9 Å². The highest BCUT2D eigenvalue weighted by Crippen LogP contribution is 2.26. The van der Waals surface area contributed by atoms with Crippen LogP contribution in [-0.4, -0.2) is 49.9 Å². The number of H-pyrrole nitrogens is 2. The van der Waals surface area contributed by atoms with Crippen LogP contribution < -0.4 is 26.0 Å². The van der Waals surface area contributed by atoms with Crippen LogP contribution in [0.3, 0.4) is 0 Å². The molecule has 3 N–H and O–H groups in total. The standard InChI is InChI=1S/C23H19F3N6O5S/c1-36-16-8-4-15(5-9-16)32-18(10-14-11-19(33)29-21(35)28-14)30-31-22(32)38-12-20(34)27-13-2-6-17(7-3-13)37-23(24,25)26/h2-9,11H,10,12H2,1H3,(H,27,34)(H2,28,29,33,35). The minimum atomic E-state index is -4.81. The Balaban J connectivity index is 1.51. The van der Waals surface area contributed by atoms with E-state index in [1.165, 1.54) is 25.3 Å². The van der Waals surface area contributed by atoms with E-state index in [0.717, 1.165) is 23.9 Å². The Morgan fingerprint density at radius 1 is 1.03 bits per heavy atom. The molecule has 0 unspecified atom stereocenters. The number of halogens is 3. The van der Waals surface area contributed by atoms with Gasteiger partial charge in [0.1, 0.15) is 17.3 Å². The highest BCUT2D eigenvalue weighted by molar-refractivity contribution is 7.99. The Morgan fingerprint density at radius 3 is 2.34 bits per heavy atom. The van der Waals surface area contributed by atoms with Crippen LogP contribution in [0, 0.1) is 0 Å². The first kappa shape index (κ1) is 26.5. The fourth-order valence-electron chi connectivity index (χ4n) is 3.35. The molecule has 0 saturated carbocycles. The number of carbonyl (C=O) groups is 1. The number of benzene rings is 2. The summed E-state index contributed by atoms with van der Waals surface area (Å²) in [7, 11) is 1.53. The molecule has 4 rings (SSSR count). The molecule has 4 aromatic rings. The van der Waals surface area contributed by atoms with E-state index in [9.17, 15) is 27.6 Å². The van der Waals surface area contributed by atoms with Crippen LogP contribution in [0.5, 0.6) is 11.5 Å². The van der Waals surface area contributed by atoms with Crippen molar-refractivity contribution < 1.29 is 27.4 Å². The minimum absolute atomic E-state index is 0.0668. The van der Waals surface area contributed by atoms with Crippen LogP contribution in [-0.2, 0) is 11.2 Å². The van der Waals surface area contributed by atoms with Gasteiger partial charge in [0.25, 0.3) is 5.56 Å². The summed E-state index contributed by atoms with van der Waals surface area (Å²) in [6.45, 7) is 0. The molecule has 0 aliphatic heterocycles. The zero-order chi connectivity index (χ0) is 27.3. The Kier molecular flexibility index (Phi) is 7.85. The summed E-state index contributed by atoms with van der Waals surface area (Å²) in [5.41, 5.74) is 0.00538. The number of alkyl halides is 3. The van der Waals surface area contributed by atoms with Crippen LogP contribution in [0.2, 0.25) is 0 Å². The van der Waals surface area contributed by atoms with Gasteiger partial charge in [0.2, 0.25) is 5.91 Å². The summed E-state index contributed by atoms with van der Waals surface area (Å²) in [6, 6.07) is 12.9. The molecule has 2 aromatic heterocycles. The maximum atomic E-state index is 12.5. The van der Waals surface area contributed by atoms with Crippen molar-refractivity contribution in [2.24, 2.45) is 0 Å². The van der Waals surface area contributed by atoms with E-state index in [-0.39, 0.29) is 17.9 Å². The average molecular weight is 549 g/mol. The molecule has 2 heterocycles. The van der Waals surface area contributed by atoms with Gasteiger partial charge in [0, 0.05) is 29.6 Å². The van der Waals surface area contributed by atoms with Gasteiger partial charge < -0.3 is 19.8 Å². The molecule has 0 radical (unpaired) electrons. The summed E-state index contributed by atoms with van der Waals surface area (Å²) in [5, 5.41) is 11.3. The molecular formula is C23H19F3N6O5S. The third-order valence-electron chi connectivity index (χ3n) is 4.90. The number of hydrogen-bond donors (Lipinski definition) is 3. The number of carbonyl (C=O) groups excluding carboxylic acids is 1. The Bertz CT molecular complexity index is 1500. The number of hydrogen-bond acceptors (Lipinski definition) is 8. The molecule has 198 valence electrons. The number of aromatic nitrogens is 5. The maximum Gasteiger partial charge on any atom is 0.573 e. The summed E-state index contributed by atoms with van der Waals surface area (Å²) in [5.74, 6) is 0.0508. The topological polar surface area (TPSA) is 144 Å². The van der Waals surface area contributed by atoms with Gasteiger partial charge in [0.05, 0.1) is 12.9 Å². The lowest BCUT2D eigenvalue weighted by atomic mass is 10.2. The van der Waals surface area contributed by atoms with Crippen LogP contribution in [0.25, 0.3) is 5.69 Å². The number of amides is 1. The number of anilines is 1. The van der Waals surface area contributed by atoms with Crippen LogP contribution in [0.4, 0.5) is 18.9 Å². The van der Waals surface area contributed by atoms with Crippen LogP contribution in [0.1, 0.15) is 11.5 Å². The van der Waals surface area contributed by atoms with Gasteiger partial charge in [-0.3, -0.25) is 19.1 Å². The zero-order valence-corrected chi connectivity index (χ0v) is 20.4. The van der Waals surface area contributed by atoms with E-state index in [1.807, 2.05) is 0 Å². The third-order valence-corrected chi connectivity index (χ3v) is 5.83. The molecule has 11 nitrogen and oxygen atoms in total. The van der Waals surface area contributed by atoms with Crippen molar-refractivity contribution in [1.29, 1.82) is 0 Å². The smallest absolute Gasteiger partial charge is 0.497 e. The minimum Gasteiger partial charge on any atom is -0.497 e. The number of ether oxygens (including phenoxy) is 2. The Hall–Kier alpha value is -4.53. The summed E-state index contributed by atoms with van der Waals surface area (Å²) >= 11 is 1.06. The fraction of sp³-hybridized carbons (Fsp3) is 0.174. The van der Waals surface area contributed by atoms with Crippen molar-refractivity contribution >= 4 is 23.4 Å². The number of rotatable bonds is 9. The Labute approximate surface area is 216 Å². The first-order chi connectivity index (χ1) is 18.1. The van der Waals surface area contributed by atoms with Crippen molar-refractivity contribution in [3.8, 4) is 17.2 Å². The second kappa shape index (κ2) is 11.2. The number of aromatic amines is 2. The van der Waals surface area contributed by atoms with E-state index in [4.69, 9.17) is 4.74 Å². The highest BCUT2D eigenvalue weighted by atomic mass is 32.2. The molecular weight excluding hydrogens is 529 g/mol. The fourth-order valence-corrected chi connectivity index (χ4v) is 4.12. The monoisotopic (exact) mass is 548 g/mol. The van der Waals surface area contributed by atoms with E-state index >= 15 is 0 Å². The second-order valence-corrected chi connectivity index (χ2v) is 8.57. The molecule has 0 atom stereocenters. The number of nitrogens with one attached hydrogen (secondary N) is 3. The van der Waals surface area contributed by atoms with E-state index < -0.39 is 29.3 Å². The molecule has 0 saturated heterocycles. The SMILES string of the molecule is COc1ccc(-n2c(Cc3cc(=O)[nH]c(=O)[nH]3)nnc2SCC(=O)Nc2ccc(OC(F)(F)F)cc2)cc1. The van der Waals surface area contributed by atoms with Gasteiger partial charge in [-0.1, -0.05) is 11.8 Å². The highest BCUT2D eigenvalue weighted by Gasteiger charge is 2.31. The Morgan fingerprint density at radius 2 is 1.71 bits per heavy atom. The van der Waals surface area contributed by atoms with Gasteiger partial charge in [0.15, 0.2) is 5.16 Å². The lowest BCUT2D eigenvalue weighted by Gasteiger charge is -2.11. The normalized spacial score (nSPS) is 11.3. The summed E-state index contributed by atoms with van der Waals surface area (Å²) < 4.78 is 47.6. The molecule has 2 aromatic carbocycles. The van der Waals surface area contributed by atoms with Crippen LogP contribution in [0.15, 0.2) is 69.3 Å².